The number of hydrogen-bond donors (Lipinski definition) is 2. The Morgan fingerprint density at radius 1 is 1.09 bits per heavy atom. The second-order valence-electron chi connectivity index (χ2n) is 8.68. The number of nitrogens with one attached hydrogen (secondary N) is 2. The summed E-state index contributed by atoms with van der Waals surface area (Å²) in [5.41, 5.74) is 1.81. The molecule has 0 amide bonds. The third-order valence-electron chi connectivity index (χ3n) is 6.51. The monoisotopic (exact) mass is 442 g/mol. The minimum atomic E-state index is -0.742. The third kappa shape index (κ3) is 4.01. The first kappa shape index (κ1) is 21.1. The van der Waals surface area contributed by atoms with E-state index in [4.69, 9.17) is 9.84 Å². The first-order valence-electron chi connectivity index (χ1n) is 11.4. The zero-order chi connectivity index (χ0) is 22.1. The average molecular weight is 443 g/mol. The van der Waals surface area contributed by atoms with Crippen molar-refractivity contribution >= 4 is 11.5 Å². The van der Waals surface area contributed by atoms with Crippen LogP contribution in [0.15, 0.2) is 18.3 Å². The largest absolute Gasteiger partial charge is 0.495 e. The van der Waals surface area contributed by atoms with Crippen molar-refractivity contribution < 1.29 is 13.5 Å². The van der Waals surface area contributed by atoms with Crippen LogP contribution in [-0.2, 0) is 0 Å². The van der Waals surface area contributed by atoms with Crippen LogP contribution in [0.25, 0.3) is 17.0 Å². The highest BCUT2D eigenvalue weighted by atomic mass is 19.1. The number of halogens is 2. The van der Waals surface area contributed by atoms with Crippen molar-refractivity contribution in [3.05, 3.63) is 35.7 Å². The smallest absolute Gasteiger partial charge is 0.168 e. The Hall–Kier alpha value is -2.81. The summed E-state index contributed by atoms with van der Waals surface area (Å²) in [6, 6.07) is 2.76. The number of piperidine rings is 1. The van der Waals surface area contributed by atoms with Gasteiger partial charge in [-0.2, -0.15) is 5.10 Å². The SMILES string of the molecule is COc1cc2ncc(-c3nc(N[C@@H]4CCCNC4)c(F)cc3F)n2nc1C1CCCCC1. The second kappa shape index (κ2) is 8.97. The molecule has 0 unspecified atom stereocenters. The molecule has 1 aliphatic heterocycles. The van der Waals surface area contributed by atoms with E-state index in [9.17, 15) is 8.78 Å². The maximum Gasteiger partial charge on any atom is 0.168 e. The first-order valence-corrected chi connectivity index (χ1v) is 11.4. The van der Waals surface area contributed by atoms with Crippen LogP contribution in [0.3, 0.4) is 0 Å². The molecule has 32 heavy (non-hydrogen) atoms. The van der Waals surface area contributed by atoms with Gasteiger partial charge in [0.2, 0.25) is 0 Å². The lowest BCUT2D eigenvalue weighted by Crippen LogP contribution is -2.38. The maximum absolute atomic E-state index is 14.9. The molecule has 1 saturated heterocycles. The summed E-state index contributed by atoms with van der Waals surface area (Å²) in [5, 5.41) is 11.2. The van der Waals surface area contributed by atoms with Gasteiger partial charge in [0, 0.05) is 30.6 Å². The Bertz CT molecular complexity index is 1110. The van der Waals surface area contributed by atoms with E-state index < -0.39 is 11.6 Å². The summed E-state index contributed by atoms with van der Waals surface area (Å²) in [7, 11) is 1.63. The average Bonchev–Trinajstić information content (AvgIpc) is 3.24. The highest BCUT2D eigenvalue weighted by molar-refractivity contribution is 5.63. The normalized spacial score (nSPS) is 19.9. The highest BCUT2D eigenvalue weighted by Crippen LogP contribution is 2.37. The first-order chi connectivity index (χ1) is 15.6. The number of fused-ring (bicyclic) bond motifs is 1. The van der Waals surface area contributed by atoms with Crippen LogP contribution in [0.1, 0.15) is 56.6 Å². The topological polar surface area (TPSA) is 76.4 Å². The van der Waals surface area contributed by atoms with Crippen LogP contribution < -0.4 is 15.4 Å². The summed E-state index contributed by atoms with van der Waals surface area (Å²) >= 11 is 0. The number of aromatic nitrogens is 4. The van der Waals surface area contributed by atoms with Gasteiger partial charge in [-0.25, -0.2) is 23.3 Å². The molecule has 4 heterocycles. The van der Waals surface area contributed by atoms with Crippen molar-refractivity contribution in [1.29, 1.82) is 0 Å². The van der Waals surface area contributed by atoms with Gasteiger partial charge in [0.25, 0.3) is 0 Å². The molecule has 7 nitrogen and oxygen atoms in total. The van der Waals surface area contributed by atoms with Crippen LogP contribution >= 0.6 is 0 Å². The molecule has 3 aromatic rings. The van der Waals surface area contributed by atoms with Crippen molar-refractivity contribution in [3.63, 3.8) is 0 Å². The maximum atomic E-state index is 14.9. The molecule has 170 valence electrons. The second-order valence-corrected chi connectivity index (χ2v) is 8.68. The number of ether oxygens (including phenoxy) is 1. The van der Waals surface area contributed by atoms with Crippen LogP contribution in [-0.4, -0.2) is 45.8 Å². The summed E-state index contributed by atoms with van der Waals surface area (Å²) in [6.07, 6.45) is 9.07. The van der Waals surface area contributed by atoms with Crippen molar-refractivity contribution in [2.45, 2.75) is 56.9 Å². The molecule has 0 aromatic carbocycles. The Labute approximate surface area is 185 Å². The van der Waals surface area contributed by atoms with E-state index in [2.05, 4.69) is 20.6 Å². The molecule has 3 aromatic heterocycles. The minimum absolute atomic E-state index is 0.0254. The van der Waals surface area contributed by atoms with E-state index in [-0.39, 0.29) is 17.6 Å². The minimum Gasteiger partial charge on any atom is -0.495 e. The van der Waals surface area contributed by atoms with Gasteiger partial charge in [-0.05, 0) is 32.2 Å². The molecule has 2 N–H and O–H groups in total. The number of methoxy groups -OCH3 is 1. The number of pyridine rings is 1. The van der Waals surface area contributed by atoms with Gasteiger partial charge in [-0.1, -0.05) is 19.3 Å². The zero-order valence-electron chi connectivity index (χ0n) is 18.2. The fourth-order valence-electron chi connectivity index (χ4n) is 4.81. The van der Waals surface area contributed by atoms with Gasteiger partial charge >= 0.3 is 0 Å². The molecule has 9 heteroatoms. The lowest BCUT2D eigenvalue weighted by molar-refractivity contribution is 0.377. The standard InChI is InChI=1S/C23H28F2N6O/c1-32-19-11-20-27-13-18(31(20)30-21(19)14-6-3-2-4-7-14)22-16(24)10-17(25)23(29-22)28-15-8-5-9-26-12-15/h10-11,13-15,26H,2-9,12H2,1H3,(H,28,29)/t15-/m1/s1. The zero-order valence-corrected chi connectivity index (χ0v) is 18.2. The number of rotatable bonds is 5. The van der Waals surface area contributed by atoms with Crippen LogP contribution in [0.2, 0.25) is 0 Å². The van der Waals surface area contributed by atoms with E-state index in [1.807, 2.05) is 6.07 Å². The summed E-state index contributed by atoms with van der Waals surface area (Å²) < 4.78 is 36.6. The van der Waals surface area contributed by atoms with Crippen molar-refractivity contribution in [1.82, 2.24) is 24.9 Å². The van der Waals surface area contributed by atoms with E-state index in [1.54, 1.807) is 11.6 Å². The van der Waals surface area contributed by atoms with E-state index in [1.165, 1.54) is 12.6 Å². The molecule has 0 radical (unpaired) electrons. The predicted molar refractivity (Wildman–Crippen MR) is 118 cm³/mol. The molecular formula is C23H28F2N6O. The lowest BCUT2D eigenvalue weighted by atomic mass is 9.86. The van der Waals surface area contributed by atoms with Crippen LogP contribution in [0, 0.1) is 11.6 Å². The Balaban J connectivity index is 1.55. The van der Waals surface area contributed by atoms with Gasteiger partial charge in [0.05, 0.1) is 13.3 Å². The summed E-state index contributed by atoms with van der Waals surface area (Å²) in [6.45, 7) is 1.67. The number of hydrogen-bond acceptors (Lipinski definition) is 6. The molecule has 0 spiro atoms. The van der Waals surface area contributed by atoms with E-state index >= 15 is 0 Å². The van der Waals surface area contributed by atoms with Gasteiger partial charge in [0.15, 0.2) is 23.1 Å². The fourth-order valence-corrected chi connectivity index (χ4v) is 4.81. The van der Waals surface area contributed by atoms with Crippen LogP contribution in [0.5, 0.6) is 5.75 Å². The third-order valence-corrected chi connectivity index (χ3v) is 6.51. The molecule has 0 bridgehead atoms. The Morgan fingerprint density at radius 3 is 2.69 bits per heavy atom. The van der Waals surface area contributed by atoms with E-state index in [0.29, 0.717) is 23.0 Å². The lowest BCUT2D eigenvalue weighted by Gasteiger charge is -2.24. The predicted octanol–water partition coefficient (Wildman–Crippen LogP) is 4.29. The fraction of sp³-hybridized carbons (Fsp3) is 0.522. The van der Waals surface area contributed by atoms with Crippen molar-refractivity contribution in [2.24, 2.45) is 0 Å². The molecule has 2 aliphatic rings. The Morgan fingerprint density at radius 2 is 1.94 bits per heavy atom. The van der Waals surface area contributed by atoms with E-state index in [0.717, 1.165) is 63.4 Å². The molecular weight excluding hydrogens is 414 g/mol. The van der Waals surface area contributed by atoms with Gasteiger partial charge in [-0.3, -0.25) is 0 Å². The number of nitrogens with zero attached hydrogens (tertiary/aromatic N) is 4. The molecule has 5 rings (SSSR count). The van der Waals surface area contributed by atoms with Gasteiger partial charge < -0.3 is 15.4 Å². The summed E-state index contributed by atoms with van der Waals surface area (Å²) in [5.74, 6) is -0.413. The molecule has 1 atom stereocenters. The Kier molecular flexibility index (Phi) is 5.91. The van der Waals surface area contributed by atoms with Gasteiger partial charge in [0.1, 0.15) is 22.8 Å². The molecule has 2 fully saturated rings. The number of imidazole rings is 1. The van der Waals surface area contributed by atoms with Gasteiger partial charge in [-0.15, -0.1) is 0 Å². The summed E-state index contributed by atoms with van der Waals surface area (Å²) in [4.78, 5) is 8.71. The number of anilines is 1. The molecule has 1 saturated carbocycles. The molecule has 1 aliphatic carbocycles. The van der Waals surface area contributed by atoms with Crippen LogP contribution in [0.4, 0.5) is 14.6 Å². The highest BCUT2D eigenvalue weighted by Gasteiger charge is 2.25. The van der Waals surface area contributed by atoms with Crippen molar-refractivity contribution in [3.8, 4) is 17.1 Å². The quantitative estimate of drug-likeness (QED) is 0.614. The van der Waals surface area contributed by atoms with Crippen molar-refractivity contribution in [2.75, 3.05) is 25.5 Å².